The van der Waals surface area contributed by atoms with Gasteiger partial charge >= 0.3 is 0 Å². The van der Waals surface area contributed by atoms with Crippen molar-refractivity contribution in [2.45, 2.75) is 31.0 Å². The van der Waals surface area contributed by atoms with Crippen LogP contribution in [-0.2, 0) is 23.0 Å². The van der Waals surface area contributed by atoms with E-state index in [1.165, 1.54) is 15.6 Å². The molecule has 0 bridgehead atoms. The van der Waals surface area contributed by atoms with E-state index < -0.39 is 10.0 Å². The Kier molecular flexibility index (Phi) is 8.75. The van der Waals surface area contributed by atoms with Crippen molar-refractivity contribution in [2.24, 2.45) is 4.99 Å². The molecular weight excluding hydrogens is 416 g/mol. The lowest BCUT2D eigenvalue weighted by Gasteiger charge is -2.16. The first-order valence-electron chi connectivity index (χ1n) is 9.19. The Balaban J connectivity index is 1.87. The average molecular weight is 443 g/mol. The summed E-state index contributed by atoms with van der Waals surface area (Å²) in [5.74, 6) is 0.674. The van der Waals surface area contributed by atoms with Crippen molar-refractivity contribution in [1.82, 2.24) is 14.9 Å². The molecule has 28 heavy (non-hydrogen) atoms. The molecule has 0 atom stereocenters. The van der Waals surface area contributed by atoms with Gasteiger partial charge in [-0.05, 0) is 30.2 Å². The van der Waals surface area contributed by atoms with Gasteiger partial charge in [0.25, 0.3) is 10.0 Å². The first-order chi connectivity index (χ1) is 13.4. The summed E-state index contributed by atoms with van der Waals surface area (Å²) >= 11 is 7.49. The first kappa shape index (κ1) is 22.7. The molecule has 0 saturated carbocycles. The number of sulfonamides is 1. The number of halogens is 1. The average Bonchev–Trinajstić information content (AvgIpc) is 3.16. The van der Waals surface area contributed by atoms with Crippen LogP contribution in [0.3, 0.4) is 0 Å². The molecule has 0 amide bonds. The topological polar surface area (TPSA) is 73.8 Å². The largest absolute Gasteiger partial charge is 0.356 e. The van der Waals surface area contributed by atoms with Crippen LogP contribution in [0.15, 0.2) is 45.6 Å². The maximum atomic E-state index is 12.6. The van der Waals surface area contributed by atoms with Crippen LogP contribution >= 0.6 is 22.9 Å². The highest BCUT2D eigenvalue weighted by molar-refractivity contribution is 7.91. The van der Waals surface area contributed by atoms with E-state index in [0.29, 0.717) is 47.8 Å². The van der Waals surface area contributed by atoms with Gasteiger partial charge < -0.3 is 10.6 Å². The van der Waals surface area contributed by atoms with Crippen LogP contribution in [0, 0.1) is 0 Å². The Hall–Kier alpha value is -1.61. The smallest absolute Gasteiger partial charge is 0.252 e. The normalized spacial score (nSPS) is 12.4. The SMILES string of the molecule is CCN(CC)S(=O)(=O)c1ccc(CCNC(=NC)NCc2ccccc2Cl)s1. The van der Waals surface area contributed by atoms with E-state index in [0.717, 1.165) is 10.4 Å². The van der Waals surface area contributed by atoms with E-state index in [1.54, 1.807) is 13.1 Å². The number of benzene rings is 1. The van der Waals surface area contributed by atoms with E-state index in [2.05, 4.69) is 15.6 Å². The summed E-state index contributed by atoms with van der Waals surface area (Å²) < 4.78 is 27.0. The highest BCUT2D eigenvalue weighted by atomic mass is 35.5. The van der Waals surface area contributed by atoms with Crippen molar-refractivity contribution in [1.29, 1.82) is 0 Å². The zero-order valence-corrected chi connectivity index (χ0v) is 18.8. The molecule has 0 saturated heterocycles. The molecule has 0 aliphatic rings. The lowest BCUT2D eigenvalue weighted by atomic mass is 10.2. The van der Waals surface area contributed by atoms with Gasteiger partial charge in [0, 0.05) is 43.1 Å². The quantitative estimate of drug-likeness (QED) is 0.461. The van der Waals surface area contributed by atoms with Crippen molar-refractivity contribution in [3.05, 3.63) is 51.9 Å². The Labute approximate surface area is 176 Å². The number of thiophene rings is 1. The number of hydrogen-bond donors (Lipinski definition) is 2. The highest BCUT2D eigenvalue weighted by Crippen LogP contribution is 2.25. The fraction of sp³-hybridized carbons (Fsp3) is 0.421. The van der Waals surface area contributed by atoms with Crippen LogP contribution in [-0.4, -0.2) is 45.4 Å². The molecule has 1 heterocycles. The van der Waals surface area contributed by atoms with Crippen LogP contribution < -0.4 is 10.6 Å². The second kappa shape index (κ2) is 10.8. The van der Waals surface area contributed by atoms with E-state index in [1.807, 2.05) is 44.2 Å². The maximum Gasteiger partial charge on any atom is 0.252 e. The molecule has 2 rings (SSSR count). The van der Waals surface area contributed by atoms with Gasteiger partial charge in [-0.3, -0.25) is 4.99 Å². The summed E-state index contributed by atoms with van der Waals surface area (Å²) in [6.45, 7) is 5.86. The van der Waals surface area contributed by atoms with Gasteiger partial charge in [-0.25, -0.2) is 8.42 Å². The molecule has 154 valence electrons. The van der Waals surface area contributed by atoms with Crippen LogP contribution in [0.5, 0.6) is 0 Å². The molecule has 0 radical (unpaired) electrons. The van der Waals surface area contributed by atoms with Crippen molar-refractivity contribution in [3.63, 3.8) is 0 Å². The minimum Gasteiger partial charge on any atom is -0.356 e. The highest BCUT2D eigenvalue weighted by Gasteiger charge is 2.23. The van der Waals surface area contributed by atoms with Crippen molar-refractivity contribution in [2.75, 3.05) is 26.7 Å². The third-order valence-electron chi connectivity index (χ3n) is 4.23. The summed E-state index contributed by atoms with van der Waals surface area (Å²) in [7, 11) is -1.68. The monoisotopic (exact) mass is 442 g/mol. The summed E-state index contributed by atoms with van der Waals surface area (Å²) in [4.78, 5) is 5.22. The van der Waals surface area contributed by atoms with Crippen LogP contribution in [0.4, 0.5) is 0 Å². The van der Waals surface area contributed by atoms with Crippen LogP contribution in [0.25, 0.3) is 0 Å². The van der Waals surface area contributed by atoms with E-state index in [-0.39, 0.29) is 0 Å². The van der Waals surface area contributed by atoms with Crippen molar-refractivity contribution < 1.29 is 8.42 Å². The predicted octanol–water partition coefficient (Wildman–Crippen LogP) is 3.34. The Morgan fingerprint density at radius 3 is 2.50 bits per heavy atom. The van der Waals surface area contributed by atoms with Crippen molar-refractivity contribution >= 4 is 38.9 Å². The molecule has 6 nitrogen and oxygen atoms in total. The molecule has 0 fully saturated rings. The lowest BCUT2D eigenvalue weighted by molar-refractivity contribution is 0.447. The molecule has 0 spiro atoms. The zero-order chi connectivity index (χ0) is 20.6. The number of guanidine groups is 1. The van der Waals surface area contributed by atoms with Gasteiger partial charge in [-0.1, -0.05) is 43.6 Å². The molecular formula is C19H27ClN4O2S2. The number of nitrogens with zero attached hydrogens (tertiary/aromatic N) is 2. The minimum atomic E-state index is -3.39. The van der Waals surface area contributed by atoms with Gasteiger partial charge in [-0.2, -0.15) is 4.31 Å². The van der Waals surface area contributed by atoms with Crippen molar-refractivity contribution in [3.8, 4) is 0 Å². The molecule has 2 N–H and O–H groups in total. The number of hydrogen-bond acceptors (Lipinski definition) is 4. The molecule has 9 heteroatoms. The summed E-state index contributed by atoms with van der Waals surface area (Å²) in [5.41, 5.74) is 0.997. The first-order valence-corrected chi connectivity index (χ1v) is 11.8. The summed E-state index contributed by atoms with van der Waals surface area (Å²) in [6.07, 6.45) is 0.714. The third-order valence-corrected chi connectivity index (χ3v) is 8.26. The number of aliphatic imine (C=N–C) groups is 1. The molecule has 2 aromatic rings. The third kappa shape index (κ3) is 5.94. The zero-order valence-electron chi connectivity index (χ0n) is 16.4. The van der Waals surface area contributed by atoms with Crippen LogP contribution in [0.2, 0.25) is 5.02 Å². The number of rotatable bonds is 9. The maximum absolute atomic E-state index is 12.6. The fourth-order valence-corrected chi connectivity index (χ4v) is 5.84. The van der Waals surface area contributed by atoms with Gasteiger partial charge in [0.05, 0.1) is 0 Å². The molecule has 0 aliphatic carbocycles. The summed E-state index contributed by atoms with van der Waals surface area (Å²) in [6, 6.07) is 11.2. The fourth-order valence-electron chi connectivity index (χ4n) is 2.67. The van der Waals surface area contributed by atoms with Crippen LogP contribution in [0.1, 0.15) is 24.3 Å². The molecule has 0 aliphatic heterocycles. The standard InChI is InChI=1S/C19H27ClN4O2S2/c1-4-24(5-2)28(25,26)18-11-10-16(27-18)12-13-22-19(21-3)23-14-15-8-6-7-9-17(15)20/h6-11H,4-5,12-14H2,1-3H3,(H2,21,22,23). The Bertz CT molecular complexity index is 893. The van der Waals surface area contributed by atoms with Gasteiger partial charge in [-0.15, -0.1) is 11.3 Å². The lowest BCUT2D eigenvalue weighted by Crippen LogP contribution is -2.37. The predicted molar refractivity (Wildman–Crippen MR) is 118 cm³/mol. The van der Waals surface area contributed by atoms with E-state index in [9.17, 15) is 8.42 Å². The Morgan fingerprint density at radius 1 is 1.14 bits per heavy atom. The van der Waals surface area contributed by atoms with Gasteiger partial charge in [0.1, 0.15) is 4.21 Å². The summed E-state index contributed by atoms with van der Waals surface area (Å²) in [5, 5.41) is 7.18. The van der Waals surface area contributed by atoms with Gasteiger partial charge in [0.2, 0.25) is 0 Å². The molecule has 0 unspecified atom stereocenters. The van der Waals surface area contributed by atoms with E-state index >= 15 is 0 Å². The number of nitrogens with one attached hydrogen (secondary N) is 2. The Morgan fingerprint density at radius 2 is 1.86 bits per heavy atom. The molecule has 1 aromatic heterocycles. The van der Waals surface area contributed by atoms with Gasteiger partial charge in [0.15, 0.2) is 5.96 Å². The minimum absolute atomic E-state index is 0.396. The second-order valence-corrected chi connectivity index (χ2v) is 9.74. The second-order valence-electron chi connectivity index (χ2n) is 6.00. The van der Waals surface area contributed by atoms with E-state index in [4.69, 9.17) is 11.6 Å². The molecule has 1 aromatic carbocycles.